The van der Waals surface area contributed by atoms with Gasteiger partial charge >= 0.3 is 0 Å². The molecule has 1 rings (SSSR count). The zero-order valence-corrected chi connectivity index (χ0v) is 12.4. The van der Waals surface area contributed by atoms with Gasteiger partial charge in [0.2, 0.25) is 0 Å². The van der Waals surface area contributed by atoms with E-state index < -0.39 is 0 Å². The topological polar surface area (TPSA) is 0 Å². The van der Waals surface area contributed by atoms with E-state index >= 15 is 0 Å². The summed E-state index contributed by atoms with van der Waals surface area (Å²) in [5, 5.41) is 0. The molecule has 0 N–H and O–H groups in total. The maximum atomic E-state index is 2.23. The van der Waals surface area contributed by atoms with Gasteiger partial charge in [0, 0.05) is 18.6 Å². The summed E-state index contributed by atoms with van der Waals surface area (Å²) in [6.45, 7) is 4.42. The molecule has 1 aromatic carbocycles. The number of hydrogen-bond donors (Lipinski definition) is 0. The van der Waals surface area contributed by atoms with Crippen molar-refractivity contribution in [1.82, 2.24) is 0 Å². The standard InChI is InChI=1S/C10H15.3ClH.V/c1-3-4-7-10-8-5-6-9(10)2;;;;/h5-6,8H,3-4,7H2,1-2H3;3*1H;/q-1;;;;. The fourth-order valence-corrected chi connectivity index (χ4v) is 1.19. The molecule has 0 aliphatic rings. The Morgan fingerprint density at radius 2 is 1.79 bits per heavy atom. The van der Waals surface area contributed by atoms with Crippen LogP contribution in [0.1, 0.15) is 30.9 Å². The van der Waals surface area contributed by atoms with Crippen LogP contribution < -0.4 is 0 Å². The molecule has 0 bridgehead atoms. The molecule has 0 atom stereocenters. The van der Waals surface area contributed by atoms with Gasteiger partial charge < -0.3 is 0 Å². The molecule has 0 saturated heterocycles. The average Bonchev–Trinajstić information content (AvgIpc) is 2.31. The zero-order chi connectivity index (χ0) is 7.40. The molecule has 1 radical (unpaired) electrons. The van der Waals surface area contributed by atoms with E-state index in [4.69, 9.17) is 0 Å². The molecule has 0 amide bonds. The molecular weight excluding hydrogens is 277 g/mol. The minimum atomic E-state index is 0. The van der Waals surface area contributed by atoms with Crippen molar-refractivity contribution in [2.75, 3.05) is 0 Å². The van der Waals surface area contributed by atoms with Crippen molar-refractivity contribution in [1.29, 1.82) is 0 Å². The molecule has 0 spiro atoms. The van der Waals surface area contributed by atoms with Crippen LogP contribution in [0.25, 0.3) is 0 Å². The van der Waals surface area contributed by atoms with E-state index in [1.807, 2.05) is 0 Å². The molecule has 0 unspecified atom stereocenters. The first kappa shape index (κ1) is 24.2. The van der Waals surface area contributed by atoms with Crippen molar-refractivity contribution in [3.8, 4) is 0 Å². The summed E-state index contributed by atoms with van der Waals surface area (Å²) >= 11 is 0. The van der Waals surface area contributed by atoms with Crippen molar-refractivity contribution < 1.29 is 18.6 Å². The Morgan fingerprint density at radius 1 is 1.21 bits per heavy atom. The van der Waals surface area contributed by atoms with Crippen LogP contribution >= 0.6 is 37.2 Å². The van der Waals surface area contributed by atoms with Crippen molar-refractivity contribution in [2.45, 2.75) is 33.1 Å². The number of unbranched alkanes of at least 4 members (excludes halogenated alkanes) is 1. The normalized spacial score (nSPS) is 7.29. The Labute approximate surface area is 118 Å². The van der Waals surface area contributed by atoms with Gasteiger partial charge in [-0.25, -0.2) is 12.1 Å². The molecule has 0 saturated carbocycles. The number of hydrogen-bond acceptors (Lipinski definition) is 0. The second-order valence-electron chi connectivity index (χ2n) is 2.84. The Morgan fingerprint density at radius 3 is 2.14 bits per heavy atom. The van der Waals surface area contributed by atoms with Gasteiger partial charge in [-0.05, 0) is 0 Å². The summed E-state index contributed by atoms with van der Waals surface area (Å²) in [6, 6.07) is 6.55. The van der Waals surface area contributed by atoms with E-state index in [1.165, 1.54) is 30.4 Å². The molecule has 0 aromatic heterocycles. The molecule has 0 aliphatic carbocycles. The van der Waals surface area contributed by atoms with E-state index in [1.54, 1.807) is 0 Å². The Bertz CT molecular complexity index is 199. The quantitative estimate of drug-likeness (QED) is 0.729. The minimum Gasteiger partial charge on any atom is -0.213 e. The molecule has 14 heavy (non-hydrogen) atoms. The van der Waals surface area contributed by atoms with Crippen molar-refractivity contribution >= 4 is 37.2 Å². The molecule has 0 heterocycles. The third kappa shape index (κ3) is 8.14. The van der Waals surface area contributed by atoms with Gasteiger partial charge in [0.05, 0.1) is 0 Å². The van der Waals surface area contributed by atoms with Gasteiger partial charge in [-0.1, -0.05) is 33.1 Å². The third-order valence-electron chi connectivity index (χ3n) is 1.95. The van der Waals surface area contributed by atoms with Crippen LogP contribution in [0.15, 0.2) is 18.2 Å². The molecule has 0 fully saturated rings. The molecule has 0 nitrogen and oxygen atoms in total. The van der Waals surface area contributed by atoms with Crippen LogP contribution in [-0.2, 0) is 25.0 Å². The second-order valence-corrected chi connectivity index (χ2v) is 2.84. The predicted octanol–water partition coefficient (Wildman–Crippen LogP) is 4.32. The van der Waals surface area contributed by atoms with Crippen molar-refractivity contribution in [3.05, 3.63) is 29.3 Å². The smallest absolute Gasteiger partial charge is 0 e. The maximum Gasteiger partial charge on any atom is 0 e. The van der Waals surface area contributed by atoms with Gasteiger partial charge in [-0.15, -0.1) is 37.2 Å². The summed E-state index contributed by atoms with van der Waals surface area (Å²) in [7, 11) is 0. The fraction of sp³-hybridized carbons (Fsp3) is 0.500. The van der Waals surface area contributed by atoms with Crippen LogP contribution in [0.3, 0.4) is 0 Å². The Balaban J connectivity index is -0.000000125. The van der Waals surface area contributed by atoms with Crippen molar-refractivity contribution in [3.63, 3.8) is 0 Å². The third-order valence-corrected chi connectivity index (χ3v) is 1.95. The zero-order valence-electron chi connectivity index (χ0n) is 8.53. The molecule has 0 aliphatic heterocycles. The summed E-state index contributed by atoms with van der Waals surface area (Å²) in [5.74, 6) is 0. The molecular formula is C10H18Cl3V-. The van der Waals surface area contributed by atoms with Gasteiger partial charge in [0.1, 0.15) is 0 Å². The summed E-state index contributed by atoms with van der Waals surface area (Å²) in [4.78, 5) is 0. The van der Waals surface area contributed by atoms with Crippen LogP contribution in [-0.4, -0.2) is 0 Å². The minimum absolute atomic E-state index is 0. The van der Waals surface area contributed by atoms with Crippen molar-refractivity contribution in [2.24, 2.45) is 0 Å². The van der Waals surface area contributed by atoms with E-state index in [9.17, 15) is 0 Å². The predicted molar refractivity (Wildman–Crippen MR) is 67.1 cm³/mol. The largest absolute Gasteiger partial charge is 0.213 e. The number of rotatable bonds is 3. The first-order valence-corrected chi connectivity index (χ1v) is 4.05. The molecule has 85 valence electrons. The van der Waals surface area contributed by atoms with E-state index in [0.717, 1.165) is 0 Å². The molecule has 4 heteroatoms. The maximum absolute atomic E-state index is 2.23. The van der Waals surface area contributed by atoms with Gasteiger partial charge in [-0.3, -0.25) is 0 Å². The van der Waals surface area contributed by atoms with Crippen LogP contribution in [0.4, 0.5) is 0 Å². The van der Waals surface area contributed by atoms with E-state index in [2.05, 4.69) is 32.0 Å². The van der Waals surface area contributed by atoms with E-state index in [-0.39, 0.29) is 55.8 Å². The van der Waals surface area contributed by atoms with E-state index in [0.29, 0.717) is 0 Å². The second kappa shape index (κ2) is 13.8. The number of halogens is 3. The van der Waals surface area contributed by atoms with Gasteiger partial charge in [0.25, 0.3) is 0 Å². The Kier molecular flexibility index (Phi) is 23.8. The summed E-state index contributed by atoms with van der Waals surface area (Å²) in [5.41, 5.74) is 2.98. The Hall–Kier alpha value is 0.804. The number of aryl methyl sites for hydroxylation is 2. The average molecular weight is 296 g/mol. The fourth-order valence-electron chi connectivity index (χ4n) is 1.19. The summed E-state index contributed by atoms with van der Waals surface area (Å²) in [6.07, 6.45) is 3.88. The molecule has 1 aromatic rings. The first-order chi connectivity index (χ1) is 4.84. The van der Waals surface area contributed by atoms with Crippen LogP contribution in [0, 0.1) is 6.92 Å². The first-order valence-electron chi connectivity index (χ1n) is 4.05. The van der Waals surface area contributed by atoms with Crippen LogP contribution in [0.2, 0.25) is 0 Å². The monoisotopic (exact) mass is 294 g/mol. The van der Waals surface area contributed by atoms with Gasteiger partial charge in [-0.2, -0.15) is 17.2 Å². The SMILES string of the molecule is CCCC[c-]1cccc1C.Cl.Cl.Cl.[V]. The summed E-state index contributed by atoms with van der Waals surface area (Å²) < 4.78 is 0. The van der Waals surface area contributed by atoms with Gasteiger partial charge in [0.15, 0.2) is 0 Å². The van der Waals surface area contributed by atoms with Crippen LogP contribution in [0.5, 0.6) is 0 Å².